The van der Waals surface area contributed by atoms with Crippen LogP contribution in [0.5, 0.6) is 0 Å². The first-order valence-electron chi connectivity index (χ1n) is 10.1. The van der Waals surface area contributed by atoms with Crippen LogP contribution in [0.15, 0.2) is 60.9 Å². The molecule has 2 N–H and O–H groups in total. The Labute approximate surface area is 170 Å². The molecule has 0 radical (unpaired) electrons. The lowest BCUT2D eigenvalue weighted by atomic mass is 10.1. The van der Waals surface area contributed by atoms with Crippen molar-refractivity contribution < 1.29 is 4.79 Å². The Morgan fingerprint density at radius 3 is 2.52 bits per heavy atom. The fraction of sp³-hybridized carbons (Fsp3) is 0.318. The van der Waals surface area contributed by atoms with Crippen molar-refractivity contribution in [2.45, 2.75) is 6.42 Å². The van der Waals surface area contributed by atoms with Crippen LogP contribution in [0, 0.1) is 0 Å². The van der Waals surface area contributed by atoms with Gasteiger partial charge in [0.15, 0.2) is 0 Å². The third-order valence-electron chi connectivity index (χ3n) is 5.18. The minimum absolute atomic E-state index is 0.160. The zero-order chi connectivity index (χ0) is 19.9. The molecule has 1 fully saturated rings. The fourth-order valence-electron chi connectivity index (χ4n) is 3.63. The van der Waals surface area contributed by atoms with Crippen LogP contribution in [0.25, 0.3) is 10.8 Å². The van der Waals surface area contributed by atoms with Gasteiger partial charge in [-0.25, -0.2) is 14.8 Å². The second-order valence-corrected chi connectivity index (χ2v) is 7.14. The number of piperazine rings is 1. The van der Waals surface area contributed by atoms with Crippen LogP contribution in [0.1, 0.15) is 6.42 Å². The quantitative estimate of drug-likeness (QED) is 0.633. The van der Waals surface area contributed by atoms with Crippen LogP contribution in [-0.4, -0.2) is 60.2 Å². The summed E-state index contributed by atoms with van der Waals surface area (Å²) >= 11 is 0. The molecule has 3 aromatic rings. The summed E-state index contributed by atoms with van der Waals surface area (Å²) in [6, 6.07) is 15.6. The van der Waals surface area contributed by atoms with Crippen molar-refractivity contribution in [2.75, 3.05) is 49.5 Å². The number of fused-ring (bicyclic) bond motifs is 1. The molecule has 2 amide bonds. The molecular weight excluding hydrogens is 364 g/mol. The number of rotatable bonds is 6. The Morgan fingerprint density at radius 1 is 0.931 bits per heavy atom. The van der Waals surface area contributed by atoms with E-state index in [0.29, 0.717) is 6.54 Å². The standard InChI is InChI=1S/C22H26N6O/c29-22(26-20-9-3-7-18-6-1-2-8-19(18)20)25-12-5-13-27-14-16-28(17-15-27)21-23-10-4-11-24-21/h1-4,6-11H,5,12-17H2,(H2,25,26,29). The molecule has 29 heavy (non-hydrogen) atoms. The Hall–Kier alpha value is -3.19. The van der Waals surface area contributed by atoms with Gasteiger partial charge in [-0.2, -0.15) is 0 Å². The molecule has 7 nitrogen and oxygen atoms in total. The summed E-state index contributed by atoms with van der Waals surface area (Å²) in [7, 11) is 0. The Balaban J connectivity index is 1.17. The van der Waals surface area contributed by atoms with Crippen molar-refractivity contribution in [1.29, 1.82) is 0 Å². The van der Waals surface area contributed by atoms with Gasteiger partial charge < -0.3 is 15.5 Å². The lowest BCUT2D eigenvalue weighted by molar-refractivity contribution is 0.244. The van der Waals surface area contributed by atoms with E-state index in [0.717, 1.165) is 61.6 Å². The average Bonchev–Trinajstić information content (AvgIpc) is 2.78. The Morgan fingerprint density at radius 2 is 1.69 bits per heavy atom. The van der Waals surface area contributed by atoms with Crippen LogP contribution in [-0.2, 0) is 0 Å². The van der Waals surface area contributed by atoms with Gasteiger partial charge in [-0.15, -0.1) is 0 Å². The SMILES string of the molecule is O=C(NCCCN1CCN(c2ncccn2)CC1)Nc1cccc2ccccc12. The minimum Gasteiger partial charge on any atom is -0.338 e. The van der Waals surface area contributed by atoms with E-state index in [4.69, 9.17) is 0 Å². The normalized spacial score (nSPS) is 14.7. The molecule has 4 rings (SSSR count). The first kappa shape index (κ1) is 19.1. The summed E-state index contributed by atoms with van der Waals surface area (Å²) in [6.45, 7) is 5.45. The summed E-state index contributed by atoms with van der Waals surface area (Å²) < 4.78 is 0. The van der Waals surface area contributed by atoms with Gasteiger partial charge >= 0.3 is 6.03 Å². The molecule has 0 bridgehead atoms. The highest BCUT2D eigenvalue weighted by molar-refractivity contribution is 6.01. The van der Waals surface area contributed by atoms with Gasteiger partial charge in [0.2, 0.25) is 5.95 Å². The number of nitrogens with one attached hydrogen (secondary N) is 2. The van der Waals surface area contributed by atoms with E-state index in [2.05, 4.69) is 30.4 Å². The Kier molecular flexibility index (Phi) is 6.16. The summed E-state index contributed by atoms with van der Waals surface area (Å²) in [6.07, 6.45) is 4.48. The van der Waals surface area contributed by atoms with Crippen LogP contribution >= 0.6 is 0 Å². The Bertz CT molecular complexity index is 935. The van der Waals surface area contributed by atoms with E-state index in [-0.39, 0.29) is 6.03 Å². The van der Waals surface area contributed by atoms with Crippen molar-refractivity contribution >= 4 is 28.4 Å². The molecule has 1 aromatic heterocycles. The lowest BCUT2D eigenvalue weighted by Gasteiger charge is -2.34. The number of benzene rings is 2. The van der Waals surface area contributed by atoms with Gasteiger partial charge in [-0.05, 0) is 30.5 Å². The van der Waals surface area contributed by atoms with Crippen molar-refractivity contribution in [3.05, 3.63) is 60.9 Å². The summed E-state index contributed by atoms with van der Waals surface area (Å²) in [5.74, 6) is 0.805. The molecule has 0 aliphatic carbocycles. The van der Waals surface area contributed by atoms with Crippen LogP contribution in [0.2, 0.25) is 0 Å². The number of hydrogen-bond acceptors (Lipinski definition) is 5. The maximum Gasteiger partial charge on any atom is 0.319 e. The highest BCUT2D eigenvalue weighted by atomic mass is 16.2. The van der Waals surface area contributed by atoms with Crippen LogP contribution in [0.4, 0.5) is 16.4 Å². The maximum atomic E-state index is 12.3. The van der Waals surface area contributed by atoms with E-state index < -0.39 is 0 Å². The first-order chi connectivity index (χ1) is 14.3. The van der Waals surface area contributed by atoms with Gasteiger partial charge in [0.1, 0.15) is 0 Å². The van der Waals surface area contributed by atoms with E-state index in [1.54, 1.807) is 12.4 Å². The number of hydrogen-bond donors (Lipinski definition) is 2. The predicted molar refractivity (Wildman–Crippen MR) is 116 cm³/mol. The zero-order valence-electron chi connectivity index (χ0n) is 16.4. The van der Waals surface area contributed by atoms with Gasteiger partial charge in [-0.1, -0.05) is 36.4 Å². The molecule has 1 aliphatic heterocycles. The molecule has 2 heterocycles. The summed E-state index contributed by atoms with van der Waals surface area (Å²) in [5.41, 5.74) is 0.833. The predicted octanol–water partition coefficient (Wildman–Crippen LogP) is 2.96. The highest BCUT2D eigenvalue weighted by Gasteiger charge is 2.18. The topological polar surface area (TPSA) is 73.4 Å². The van der Waals surface area contributed by atoms with Gasteiger partial charge in [-0.3, -0.25) is 4.90 Å². The second kappa shape index (κ2) is 9.34. The van der Waals surface area contributed by atoms with Gasteiger partial charge in [0.25, 0.3) is 0 Å². The lowest BCUT2D eigenvalue weighted by Crippen LogP contribution is -2.47. The first-order valence-corrected chi connectivity index (χ1v) is 10.1. The minimum atomic E-state index is -0.160. The van der Waals surface area contributed by atoms with Crippen molar-refractivity contribution in [2.24, 2.45) is 0 Å². The maximum absolute atomic E-state index is 12.3. The molecule has 150 valence electrons. The third-order valence-corrected chi connectivity index (χ3v) is 5.18. The number of carbonyl (C=O) groups excluding carboxylic acids is 1. The van der Waals surface area contributed by atoms with Crippen molar-refractivity contribution in [1.82, 2.24) is 20.2 Å². The summed E-state index contributed by atoms with van der Waals surface area (Å²) in [4.78, 5) is 25.5. The zero-order valence-corrected chi connectivity index (χ0v) is 16.4. The molecule has 1 aliphatic rings. The molecule has 0 unspecified atom stereocenters. The number of carbonyl (C=O) groups is 1. The average molecular weight is 390 g/mol. The van der Waals surface area contributed by atoms with Crippen molar-refractivity contribution in [3.63, 3.8) is 0 Å². The number of nitrogens with zero attached hydrogens (tertiary/aromatic N) is 4. The molecule has 0 saturated carbocycles. The van der Waals surface area contributed by atoms with Crippen LogP contribution < -0.4 is 15.5 Å². The second-order valence-electron chi connectivity index (χ2n) is 7.14. The highest BCUT2D eigenvalue weighted by Crippen LogP contribution is 2.22. The fourth-order valence-corrected chi connectivity index (χ4v) is 3.63. The molecule has 1 saturated heterocycles. The summed E-state index contributed by atoms with van der Waals surface area (Å²) in [5, 5.41) is 8.09. The number of amides is 2. The monoisotopic (exact) mass is 390 g/mol. The van der Waals surface area contributed by atoms with E-state index in [1.807, 2.05) is 48.5 Å². The number of anilines is 2. The van der Waals surface area contributed by atoms with Gasteiger partial charge in [0.05, 0.1) is 5.69 Å². The third kappa shape index (κ3) is 5.00. The smallest absolute Gasteiger partial charge is 0.319 e. The van der Waals surface area contributed by atoms with E-state index in [1.165, 1.54) is 0 Å². The molecule has 0 spiro atoms. The van der Waals surface area contributed by atoms with E-state index in [9.17, 15) is 4.79 Å². The van der Waals surface area contributed by atoms with Gasteiger partial charge in [0, 0.05) is 50.5 Å². The van der Waals surface area contributed by atoms with Crippen LogP contribution in [0.3, 0.4) is 0 Å². The molecule has 7 heteroatoms. The largest absolute Gasteiger partial charge is 0.338 e. The number of urea groups is 1. The molecule has 0 atom stereocenters. The molecule has 2 aromatic carbocycles. The number of aromatic nitrogens is 2. The van der Waals surface area contributed by atoms with Crippen molar-refractivity contribution in [3.8, 4) is 0 Å². The molecular formula is C22H26N6O. The van der Waals surface area contributed by atoms with E-state index >= 15 is 0 Å².